The van der Waals surface area contributed by atoms with E-state index in [1.807, 2.05) is 28.0 Å². The number of rotatable bonds is 5. The summed E-state index contributed by atoms with van der Waals surface area (Å²) in [7, 11) is 2.10. The zero-order valence-corrected chi connectivity index (χ0v) is 23.3. The molecule has 0 atom stereocenters. The molecular formula is C26H37ClN6O3S. The van der Waals surface area contributed by atoms with E-state index < -0.39 is 5.41 Å². The first-order valence-corrected chi connectivity index (χ1v) is 14.4. The Morgan fingerprint density at radius 2 is 1.78 bits per heavy atom. The zero-order chi connectivity index (χ0) is 26.0. The Morgan fingerprint density at radius 3 is 2.43 bits per heavy atom. The average molecular weight is 549 g/mol. The summed E-state index contributed by atoms with van der Waals surface area (Å²) in [6.45, 7) is 8.39. The van der Waals surface area contributed by atoms with Crippen molar-refractivity contribution in [2.24, 2.45) is 5.41 Å². The molecule has 0 unspecified atom stereocenters. The number of urea groups is 1. The fraction of sp³-hybridized carbons (Fsp3) is 0.654. The number of nitrogens with one attached hydrogen (secondary N) is 1. The molecule has 202 valence electrons. The molecule has 3 aliphatic heterocycles. The molecule has 1 N–H and O–H groups in total. The van der Waals surface area contributed by atoms with Crippen molar-refractivity contribution in [1.82, 2.24) is 24.5 Å². The summed E-state index contributed by atoms with van der Waals surface area (Å²) in [6.07, 6.45) is 3.31. The van der Waals surface area contributed by atoms with E-state index in [0.717, 1.165) is 59.5 Å². The summed E-state index contributed by atoms with van der Waals surface area (Å²) >= 11 is 7.65. The summed E-state index contributed by atoms with van der Waals surface area (Å²) in [5, 5.41) is 8.34. The lowest BCUT2D eigenvalue weighted by Gasteiger charge is -2.37. The quantitative estimate of drug-likeness (QED) is 0.602. The van der Waals surface area contributed by atoms with E-state index in [-0.39, 0.29) is 17.9 Å². The van der Waals surface area contributed by atoms with Crippen molar-refractivity contribution in [1.29, 1.82) is 0 Å². The third-order valence-corrected chi connectivity index (χ3v) is 9.30. The molecule has 11 heteroatoms. The van der Waals surface area contributed by atoms with Crippen LogP contribution in [0.1, 0.15) is 53.9 Å². The van der Waals surface area contributed by atoms with Gasteiger partial charge in [-0.15, -0.1) is 11.3 Å². The number of piperidine rings is 2. The van der Waals surface area contributed by atoms with Gasteiger partial charge in [0.25, 0.3) is 5.91 Å². The number of amides is 2. The fourth-order valence-corrected chi connectivity index (χ4v) is 6.43. The summed E-state index contributed by atoms with van der Waals surface area (Å²) in [4.78, 5) is 34.0. The van der Waals surface area contributed by atoms with E-state index in [9.17, 15) is 9.59 Å². The standard InChI is InChI=1S/C26H37ClN6O3S/c1-26(7-11-30(2)12-8-26)24(34)33-23(28-18-20-3-4-22(27)37-20)17-21(29-33)19-5-9-31(10-6-19)25(35)32-13-15-36-16-14-32/h3-4,17,19,28H,5-16,18H2,1-2H3. The number of hydrogen-bond acceptors (Lipinski definition) is 7. The number of hydrogen-bond donors (Lipinski definition) is 1. The van der Waals surface area contributed by atoms with Crippen LogP contribution in [0, 0.1) is 5.41 Å². The highest BCUT2D eigenvalue weighted by molar-refractivity contribution is 7.16. The molecule has 5 rings (SSSR count). The maximum Gasteiger partial charge on any atom is 0.320 e. The molecule has 5 heterocycles. The van der Waals surface area contributed by atoms with Crippen molar-refractivity contribution < 1.29 is 14.3 Å². The maximum atomic E-state index is 13.8. The van der Waals surface area contributed by atoms with Gasteiger partial charge in [-0.2, -0.15) is 9.78 Å². The highest BCUT2D eigenvalue weighted by atomic mass is 35.5. The first-order valence-electron chi connectivity index (χ1n) is 13.3. The van der Waals surface area contributed by atoms with E-state index >= 15 is 0 Å². The van der Waals surface area contributed by atoms with Crippen LogP contribution < -0.4 is 5.32 Å². The van der Waals surface area contributed by atoms with E-state index in [0.29, 0.717) is 45.9 Å². The maximum absolute atomic E-state index is 13.8. The molecule has 3 fully saturated rings. The topological polar surface area (TPSA) is 82.9 Å². The van der Waals surface area contributed by atoms with Gasteiger partial charge in [0.2, 0.25) is 0 Å². The van der Waals surface area contributed by atoms with Crippen LogP contribution in [0.25, 0.3) is 0 Å². The SMILES string of the molecule is CN1CCC(C)(C(=O)n2nc(C3CCN(C(=O)N4CCOCC4)CC3)cc2NCc2ccc(Cl)s2)CC1. The number of likely N-dealkylation sites (tertiary alicyclic amines) is 2. The van der Waals surface area contributed by atoms with E-state index in [1.54, 1.807) is 4.68 Å². The number of thiophene rings is 1. The second-order valence-corrected chi connectivity index (χ2v) is 12.5. The zero-order valence-electron chi connectivity index (χ0n) is 21.7. The number of aromatic nitrogens is 2. The van der Waals surface area contributed by atoms with Gasteiger partial charge in [0, 0.05) is 43.0 Å². The smallest absolute Gasteiger partial charge is 0.320 e. The molecule has 37 heavy (non-hydrogen) atoms. The highest BCUT2D eigenvalue weighted by Crippen LogP contribution is 2.35. The Kier molecular flexibility index (Phi) is 8.09. The molecule has 9 nitrogen and oxygen atoms in total. The molecule has 3 aliphatic rings. The third-order valence-electron chi connectivity index (χ3n) is 8.07. The lowest BCUT2D eigenvalue weighted by atomic mass is 9.79. The van der Waals surface area contributed by atoms with Gasteiger partial charge in [0.1, 0.15) is 5.82 Å². The van der Waals surface area contributed by atoms with Gasteiger partial charge in [-0.1, -0.05) is 18.5 Å². The van der Waals surface area contributed by atoms with Crippen molar-refractivity contribution >= 4 is 40.7 Å². The number of anilines is 1. The van der Waals surface area contributed by atoms with Crippen molar-refractivity contribution in [3.05, 3.63) is 33.1 Å². The average Bonchev–Trinajstić information content (AvgIpc) is 3.55. The first kappa shape index (κ1) is 26.5. The molecule has 2 amide bonds. The van der Waals surface area contributed by atoms with E-state index in [4.69, 9.17) is 21.4 Å². The molecule has 2 aromatic rings. The Balaban J connectivity index is 1.30. The normalized spacial score (nSPS) is 21.3. The summed E-state index contributed by atoms with van der Waals surface area (Å²) in [5.74, 6) is 1.000. The molecule has 3 saturated heterocycles. The predicted octanol–water partition coefficient (Wildman–Crippen LogP) is 4.21. The number of halogens is 1. The lowest BCUT2D eigenvalue weighted by molar-refractivity contribution is 0.0411. The Labute approximate surface area is 227 Å². The van der Waals surface area contributed by atoms with Gasteiger partial charge in [0.15, 0.2) is 0 Å². The van der Waals surface area contributed by atoms with Crippen molar-refractivity contribution in [3.8, 4) is 0 Å². The molecule has 0 radical (unpaired) electrons. The predicted molar refractivity (Wildman–Crippen MR) is 146 cm³/mol. The number of nitrogens with zero attached hydrogens (tertiary/aromatic N) is 5. The van der Waals surface area contributed by atoms with Gasteiger partial charge in [-0.25, -0.2) is 4.79 Å². The molecule has 0 spiro atoms. The first-order chi connectivity index (χ1) is 17.8. The molecule has 0 bridgehead atoms. The molecule has 0 saturated carbocycles. The number of morpholine rings is 1. The Hall–Kier alpha value is -2.14. The largest absolute Gasteiger partial charge is 0.378 e. The minimum Gasteiger partial charge on any atom is -0.378 e. The Morgan fingerprint density at radius 1 is 1.11 bits per heavy atom. The Bertz CT molecular complexity index is 1100. The second kappa shape index (κ2) is 11.3. The van der Waals surface area contributed by atoms with Crippen LogP contribution in [0.2, 0.25) is 4.34 Å². The molecular weight excluding hydrogens is 512 g/mol. The minimum absolute atomic E-state index is 0.0542. The summed E-state index contributed by atoms with van der Waals surface area (Å²) in [6, 6.07) is 6.04. The van der Waals surface area contributed by atoms with Crippen LogP contribution in [-0.4, -0.2) is 95.9 Å². The van der Waals surface area contributed by atoms with Gasteiger partial charge in [-0.05, 0) is 58.0 Å². The second-order valence-electron chi connectivity index (χ2n) is 10.7. The molecule has 0 aromatic carbocycles. The van der Waals surface area contributed by atoms with E-state index in [1.165, 1.54) is 11.3 Å². The highest BCUT2D eigenvalue weighted by Gasteiger charge is 2.39. The van der Waals surface area contributed by atoms with Crippen LogP contribution >= 0.6 is 22.9 Å². The van der Waals surface area contributed by atoms with Crippen LogP contribution in [0.3, 0.4) is 0 Å². The van der Waals surface area contributed by atoms with Gasteiger partial charge < -0.3 is 24.8 Å². The van der Waals surface area contributed by atoms with Crippen LogP contribution in [0.5, 0.6) is 0 Å². The number of carbonyl (C=O) groups is 2. The summed E-state index contributed by atoms with van der Waals surface area (Å²) in [5.41, 5.74) is 0.488. The summed E-state index contributed by atoms with van der Waals surface area (Å²) < 4.78 is 7.75. The number of carbonyl (C=O) groups excluding carboxylic acids is 2. The minimum atomic E-state index is -0.438. The number of ether oxygens (including phenoxy) is 1. The van der Waals surface area contributed by atoms with Crippen molar-refractivity contribution in [3.63, 3.8) is 0 Å². The van der Waals surface area contributed by atoms with E-state index in [2.05, 4.69) is 24.2 Å². The van der Waals surface area contributed by atoms with Gasteiger partial charge >= 0.3 is 6.03 Å². The van der Waals surface area contributed by atoms with Crippen LogP contribution in [0.4, 0.5) is 10.6 Å². The molecule has 0 aliphatic carbocycles. The van der Waals surface area contributed by atoms with Gasteiger partial charge in [-0.3, -0.25) is 4.79 Å². The van der Waals surface area contributed by atoms with Crippen molar-refractivity contribution in [2.75, 3.05) is 64.8 Å². The van der Waals surface area contributed by atoms with Crippen molar-refractivity contribution in [2.45, 2.75) is 45.1 Å². The monoisotopic (exact) mass is 548 g/mol. The third kappa shape index (κ3) is 5.97. The molecule has 2 aromatic heterocycles. The fourth-order valence-electron chi connectivity index (χ4n) is 5.41. The van der Waals surface area contributed by atoms with Crippen LogP contribution in [0.15, 0.2) is 18.2 Å². The van der Waals surface area contributed by atoms with Gasteiger partial charge in [0.05, 0.1) is 35.2 Å². The van der Waals surface area contributed by atoms with Crippen LogP contribution in [-0.2, 0) is 11.3 Å². The lowest BCUT2D eigenvalue weighted by Crippen LogP contribution is -2.50.